The Kier molecular flexibility index (Phi) is 9.88. The molecule has 0 heterocycles. The van der Waals surface area contributed by atoms with Crippen LogP contribution in [-0.4, -0.2) is 31.5 Å². The first kappa shape index (κ1) is 26.7. The number of ether oxygens (including phenoxy) is 3. The van der Waals surface area contributed by atoms with Crippen molar-refractivity contribution in [2.45, 2.75) is 26.2 Å². The first-order chi connectivity index (χ1) is 17.3. The molecule has 0 saturated carbocycles. The Hall–Kier alpha value is -3.85. The molecule has 0 aromatic heterocycles. The standard InChI is InChI=1S/C27H27BrN2O6/c1-18-16-19(28)6-15-24(18)30-26(32)17-35-27(33)5-3-4-25(31)29-20-7-9-22(10-8-20)36-23-13-11-21(34-2)12-14-23/h6-16H,3-5,17H2,1-2H3,(H,29,31)(H,30,32). The molecule has 0 bridgehead atoms. The molecule has 0 unspecified atom stereocenters. The quantitative estimate of drug-likeness (QED) is 0.288. The van der Waals surface area contributed by atoms with E-state index in [4.69, 9.17) is 14.2 Å². The van der Waals surface area contributed by atoms with Crippen LogP contribution in [0.4, 0.5) is 11.4 Å². The van der Waals surface area contributed by atoms with Gasteiger partial charge in [-0.05, 0) is 85.6 Å². The number of benzene rings is 3. The molecule has 0 spiro atoms. The van der Waals surface area contributed by atoms with Crippen molar-refractivity contribution < 1.29 is 28.6 Å². The summed E-state index contributed by atoms with van der Waals surface area (Å²) in [5.74, 6) is 0.845. The monoisotopic (exact) mass is 554 g/mol. The van der Waals surface area contributed by atoms with Crippen LogP contribution in [-0.2, 0) is 19.1 Å². The number of carbonyl (C=O) groups excluding carboxylic acids is 3. The van der Waals surface area contributed by atoms with Crippen molar-refractivity contribution in [1.82, 2.24) is 0 Å². The fraction of sp³-hybridized carbons (Fsp3) is 0.222. The lowest BCUT2D eigenvalue weighted by Gasteiger charge is -2.10. The van der Waals surface area contributed by atoms with Crippen LogP contribution in [0.25, 0.3) is 0 Å². The Balaban J connectivity index is 1.33. The topological polar surface area (TPSA) is 103 Å². The Labute approximate surface area is 218 Å². The summed E-state index contributed by atoms with van der Waals surface area (Å²) < 4.78 is 16.8. The fourth-order valence-electron chi connectivity index (χ4n) is 3.17. The third kappa shape index (κ3) is 8.74. The highest BCUT2D eigenvalue weighted by Gasteiger charge is 2.11. The van der Waals surface area contributed by atoms with Gasteiger partial charge in [0, 0.05) is 28.7 Å². The summed E-state index contributed by atoms with van der Waals surface area (Å²) in [6, 6.07) is 19.6. The molecule has 0 fully saturated rings. The summed E-state index contributed by atoms with van der Waals surface area (Å²) in [5, 5.41) is 5.48. The molecule has 2 N–H and O–H groups in total. The predicted molar refractivity (Wildman–Crippen MR) is 140 cm³/mol. The molecule has 3 aromatic carbocycles. The molecule has 3 rings (SSSR count). The molecule has 0 radical (unpaired) electrons. The molecule has 3 aromatic rings. The fourth-order valence-corrected chi connectivity index (χ4v) is 3.65. The number of methoxy groups -OCH3 is 1. The molecule has 0 atom stereocenters. The zero-order chi connectivity index (χ0) is 25.9. The maximum absolute atomic E-state index is 12.2. The SMILES string of the molecule is COc1ccc(Oc2ccc(NC(=O)CCCC(=O)OCC(=O)Nc3ccc(Br)cc3C)cc2)cc1. The number of halogens is 1. The average molecular weight is 555 g/mol. The Morgan fingerprint density at radius 1 is 0.806 bits per heavy atom. The molecule has 8 nitrogen and oxygen atoms in total. The van der Waals surface area contributed by atoms with Crippen LogP contribution in [0.2, 0.25) is 0 Å². The van der Waals surface area contributed by atoms with Gasteiger partial charge in [0.2, 0.25) is 5.91 Å². The summed E-state index contributed by atoms with van der Waals surface area (Å²) in [5.41, 5.74) is 2.15. The second-order valence-electron chi connectivity index (χ2n) is 7.87. The molecule has 0 aliphatic carbocycles. The van der Waals surface area contributed by atoms with E-state index in [0.717, 1.165) is 15.8 Å². The van der Waals surface area contributed by atoms with Gasteiger partial charge in [0.15, 0.2) is 6.61 Å². The maximum Gasteiger partial charge on any atom is 0.306 e. The van der Waals surface area contributed by atoms with E-state index in [1.54, 1.807) is 61.7 Å². The van der Waals surface area contributed by atoms with Gasteiger partial charge in [0.25, 0.3) is 5.91 Å². The largest absolute Gasteiger partial charge is 0.497 e. The van der Waals surface area contributed by atoms with Crippen molar-refractivity contribution in [3.8, 4) is 17.2 Å². The number of rotatable bonds is 11. The second-order valence-corrected chi connectivity index (χ2v) is 8.79. The van der Waals surface area contributed by atoms with Crippen molar-refractivity contribution in [3.63, 3.8) is 0 Å². The van der Waals surface area contributed by atoms with Gasteiger partial charge >= 0.3 is 5.97 Å². The first-order valence-corrected chi connectivity index (χ1v) is 12.0. The first-order valence-electron chi connectivity index (χ1n) is 11.3. The van der Waals surface area contributed by atoms with Gasteiger partial charge in [-0.1, -0.05) is 15.9 Å². The average Bonchev–Trinajstić information content (AvgIpc) is 2.86. The molecule has 9 heteroatoms. The van der Waals surface area contributed by atoms with Gasteiger partial charge < -0.3 is 24.8 Å². The van der Waals surface area contributed by atoms with E-state index in [1.165, 1.54) is 0 Å². The molecule has 2 amide bonds. The van der Waals surface area contributed by atoms with Crippen LogP contribution in [0.5, 0.6) is 17.2 Å². The lowest BCUT2D eigenvalue weighted by molar-refractivity contribution is -0.147. The number of aryl methyl sites for hydroxylation is 1. The molecular formula is C27H27BrN2O6. The number of esters is 1. The van der Waals surface area contributed by atoms with Crippen LogP contribution in [0, 0.1) is 6.92 Å². The maximum atomic E-state index is 12.2. The minimum Gasteiger partial charge on any atom is -0.497 e. The van der Waals surface area contributed by atoms with Crippen LogP contribution < -0.4 is 20.1 Å². The smallest absolute Gasteiger partial charge is 0.306 e. The van der Waals surface area contributed by atoms with Crippen molar-refractivity contribution >= 4 is 45.1 Å². The number of hydrogen-bond donors (Lipinski definition) is 2. The Morgan fingerprint density at radius 2 is 1.44 bits per heavy atom. The van der Waals surface area contributed by atoms with Crippen molar-refractivity contribution in [2.24, 2.45) is 0 Å². The summed E-state index contributed by atoms with van der Waals surface area (Å²) in [7, 11) is 1.60. The van der Waals surface area contributed by atoms with Gasteiger partial charge in [0.1, 0.15) is 17.2 Å². The number of nitrogens with one attached hydrogen (secondary N) is 2. The van der Waals surface area contributed by atoms with Crippen molar-refractivity contribution in [2.75, 3.05) is 24.4 Å². The molecule has 36 heavy (non-hydrogen) atoms. The highest BCUT2D eigenvalue weighted by molar-refractivity contribution is 9.10. The van der Waals surface area contributed by atoms with E-state index in [2.05, 4.69) is 26.6 Å². The van der Waals surface area contributed by atoms with Crippen molar-refractivity contribution in [1.29, 1.82) is 0 Å². The lowest BCUT2D eigenvalue weighted by Crippen LogP contribution is -2.21. The molecule has 0 aliphatic rings. The molecule has 188 valence electrons. The highest BCUT2D eigenvalue weighted by Crippen LogP contribution is 2.25. The molecule has 0 saturated heterocycles. The minimum absolute atomic E-state index is 0.0344. The van der Waals surface area contributed by atoms with Crippen LogP contribution in [0.3, 0.4) is 0 Å². The zero-order valence-corrected chi connectivity index (χ0v) is 21.6. The van der Waals surface area contributed by atoms with Crippen LogP contribution in [0.1, 0.15) is 24.8 Å². The summed E-state index contributed by atoms with van der Waals surface area (Å²) >= 11 is 3.36. The lowest BCUT2D eigenvalue weighted by atomic mass is 10.2. The zero-order valence-electron chi connectivity index (χ0n) is 20.0. The number of carbonyl (C=O) groups is 3. The van der Waals surface area contributed by atoms with E-state index in [-0.39, 0.29) is 25.4 Å². The van der Waals surface area contributed by atoms with Gasteiger partial charge in [-0.3, -0.25) is 14.4 Å². The van der Waals surface area contributed by atoms with Gasteiger partial charge in [-0.15, -0.1) is 0 Å². The van der Waals surface area contributed by atoms with Gasteiger partial charge in [0.05, 0.1) is 7.11 Å². The van der Waals surface area contributed by atoms with Crippen molar-refractivity contribution in [3.05, 3.63) is 76.8 Å². The summed E-state index contributed by atoms with van der Waals surface area (Å²) in [6.45, 7) is 1.48. The van der Waals surface area contributed by atoms with Gasteiger partial charge in [-0.25, -0.2) is 0 Å². The minimum atomic E-state index is -0.537. The summed E-state index contributed by atoms with van der Waals surface area (Å²) in [6.07, 6.45) is 0.479. The molecule has 0 aliphatic heterocycles. The van der Waals surface area contributed by atoms with E-state index >= 15 is 0 Å². The second kappa shape index (κ2) is 13.3. The van der Waals surface area contributed by atoms with Crippen LogP contribution in [0.15, 0.2) is 71.2 Å². The van der Waals surface area contributed by atoms with Crippen LogP contribution >= 0.6 is 15.9 Å². The number of hydrogen-bond acceptors (Lipinski definition) is 6. The van der Waals surface area contributed by atoms with E-state index in [0.29, 0.717) is 29.3 Å². The third-order valence-corrected chi connectivity index (χ3v) is 5.54. The molecular weight excluding hydrogens is 528 g/mol. The normalized spacial score (nSPS) is 10.3. The third-order valence-electron chi connectivity index (χ3n) is 5.04. The van der Waals surface area contributed by atoms with E-state index < -0.39 is 11.9 Å². The van der Waals surface area contributed by atoms with Gasteiger partial charge in [-0.2, -0.15) is 0 Å². The predicted octanol–water partition coefficient (Wildman–Crippen LogP) is 5.85. The summed E-state index contributed by atoms with van der Waals surface area (Å²) in [4.78, 5) is 36.1. The number of amides is 2. The Bertz CT molecular complexity index is 1200. The highest BCUT2D eigenvalue weighted by atomic mass is 79.9. The van der Waals surface area contributed by atoms with E-state index in [9.17, 15) is 14.4 Å². The number of anilines is 2. The van der Waals surface area contributed by atoms with E-state index in [1.807, 2.05) is 19.1 Å². The Morgan fingerprint density at radius 3 is 2.08 bits per heavy atom.